The summed E-state index contributed by atoms with van der Waals surface area (Å²) < 4.78 is 5.49. The number of carbonyl (C=O) groups is 2. The molecule has 1 aromatic carbocycles. The molecule has 0 spiro atoms. The fourth-order valence-electron chi connectivity index (χ4n) is 3.90. The monoisotopic (exact) mass is 417 g/mol. The average molecular weight is 418 g/mol. The van der Waals surface area contributed by atoms with E-state index >= 15 is 0 Å². The third kappa shape index (κ3) is 4.36. The first-order valence-corrected chi connectivity index (χ1v) is 9.61. The first-order valence-electron chi connectivity index (χ1n) is 9.61. The van der Waals surface area contributed by atoms with Crippen LogP contribution in [0, 0.1) is 6.92 Å². The van der Waals surface area contributed by atoms with Gasteiger partial charge in [0.05, 0.1) is 0 Å². The Balaban J connectivity index is 0.00000240. The summed E-state index contributed by atoms with van der Waals surface area (Å²) in [5.41, 5.74) is 1.94. The fraction of sp³-hybridized carbons (Fsp3) is 0.381. The predicted octanol–water partition coefficient (Wildman–Crippen LogP) is 2.38. The number of benzene rings is 1. The second-order valence-electron chi connectivity index (χ2n) is 7.35. The van der Waals surface area contributed by atoms with Crippen LogP contribution in [0.1, 0.15) is 56.4 Å². The van der Waals surface area contributed by atoms with E-state index in [0.29, 0.717) is 29.1 Å². The summed E-state index contributed by atoms with van der Waals surface area (Å²) >= 11 is 0. The number of fused-ring (bicyclic) bond motifs is 1. The zero-order valence-corrected chi connectivity index (χ0v) is 17.0. The van der Waals surface area contributed by atoms with E-state index < -0.39 is 11.5 Å². The molecule has 2 aliphatic heterocycles. The van der Waals surface area contributed by atoms with Gasteiger partial charge in [0.25, 0.3) is 11.8 Å². The van der Waals surface area contributed by atoms with Gasteiger partial charge in [-0.15, -0.1) is 12.4 Å². The molecule has 154 valence electrons. The van der Waals surface area contributed by atoms with Crippen molar-refractivity contribution in [2.24, 2.45) is 0 Å². The summed E-state index contributed by atoms with van der Waals surface area (Å²) in [4.78, 5) is 37.2. The van der Waals surface area contributed by atoms with Crippen LogP contribution < -0.4 is 21.6 Å². The van der Waals surface area contributed by atoms with Crippen LogP contribution in [-0.2, 0) is 6.42 Å². The lowest BCUT2D eigenvalue weighted by Gasteiger charge is -2.22. The van der Waals surface area contributed by atoms with Gasteiger partial charge in [-0.2, -0.15) is 0 Å². The van der Waals surface area contributed by atoms with Gasteiger partial charge in [0.2, 0.25) is 0 Å². The highest BCUT2D eigenvalue weighted by Crippen LogP contribution is 2.26. The van der Waals surface area contributed by atoms with Crippen molar-refractivity contribution in [1.82, 2.24) is 10.6 Å². The first kappa shape index (κ1) is 21.1. The van der Waals surface area contributed by atoms with Gasteiger partial charge in [0, 0.05) is 23.7 Å². The SMILES string of the molecule is Cc1cc(C2CCNCC2)oc(=O)c1C(=O)Nc1ccc2c(c1)C(=O)NCC2.Cl. The van der Waals surface area contributed by atoms with Crippen LogP contribution in [-0.4, -0.2) is 31.4 Å². The van der Waals surface area contributed by atoms with Gasteiger partial charge in [-0.05, 0) is 68.6 Å². The Morgan fingerprint density at radius 3 is 2.62 bits per heavy atom. The Bertz CT molecular complexity index is 996. The second kappa shape index (κ2) is 8.80. The highest BCUT2D eigenvalue weighted by molar-refractivity contribution is 6.06. The van der Waals surface area contributed by atoms with Gasteiger partial charge in [-0.3, -0.25) is 9.59 Å². The first-order chi connectivity index (χ1) is 13.5. The van der Waals surface area contributed by atoms with E-state index in [0.717, 1.165) is 37.9 Å². The number of hydrogen-bond acceptors (Lipinski definition) is 5. The Morgan fingerprint density at radius 2 is 1.90 bits per heavy atom. The van der Waals surface area contributed by atoms with Crippen molar-refractivity contribution in [2.45, 2.75) is 32.1 Å². The van der Waals surface area contributed by atoms with Crippen LogP contribution in [0.2, 0.25) is 0 Å². The van der Waals surface area contributed by atoms with Crippen LogP contribution in [0.5, 0.6) is 0 Å². The van der Waals surface area contributed by atoms with Gasteiger partial charge in [-0.1, -0.05) is 6.07 Å². The maximum absolute atomic E-state index is 12.7. The molecule has 29 heavy (non-hydrogen) atoms. The Kier molecular flexibility index (Phi) is 6.39. The van der Waals surface area contributed by atoms with E-state index in [9.17, 15) is 14.4 Å². The molecule has 4 rings (SSSR count). The number of nitrogens with one attached hydrogen (secondary N) is 3. The predicted molar refractivity (Wildman–Crippen MR) is 112 cm³/mol. The van der Waals surface area contributed by atoms with Crippen molar-refractivity contribution in [3.63, 3.8) is 0 Å². The van der Waals surface area contributed by atoms with E-state index in [-0.39, 0.29) is 29.8 Å². The molecule has 8 heteroatoms. The fourth-order valence-corrected chi connectivity index (χ4v) is 3.90. The van der Waals surface area contributed by atoms with Gasteiger partial charge in [-0.25, -0.2) is 4.79 Å². The third-order valence-electron chi connectivity index (χ3n) is 5.43. The standard InChI is InChI=1S/C21H23N3O4.ClH/c1-12-10-17(14-4-7-22-8-5-14)28-21(27)18(12)20(26)24-15-3-2-13-6-9-23-19(25)16(13)11-15;/h2-3,10-11,14,22H,4-9H2,1H3,(H,23,25)(H,24,26);1H. The molecule has 0 atom stereocenters. The van der Waals surface area contributed by atoms with Crippen molar-refractivity contribution < 1.29 is 14.0 Å². The molecule has 7 nitrogen and oxygen atoms in total. The van der Waals surface area contributed by atoms with Crippen LogP contribution in [0.15, 0.2) is 33.5 Å². The number of carbonyl (C=O) groups excluding carboxylic acids is 2. The summed E-state index contributed by atoms with van der Waals surface area (Å²) in [5.74, 6) is 0.161. The lowest BCUT2D eigenvalue weighted by atomic mass is 9.94. The quantitative estimate of drug-likeness (QED) is 0.711. The maximum Gasteiger partial charge on any atom is 0.349 e. The molecule has 0 saturated carbocycles. The van der Waals surface area contributed by atoms with Gasteiger partial charge in [0.15, 0.2) is 0 Å². The topological polar surface area (TPSA) is 100 Å². The molecule has 0 unspecified atom stereocenters. The maximum atomic E-state index is 12.7. The van der Waals surface area contributed by atoms with E-state index in [2.05, 4.69) is 16.0 Å². The minimum atomic E-state index is -0.623. The summed E-state index contributed by atoms with van der Waals surface area (Å²) in [6.07, 6.45) is 2.58. The molecule has 2 aromatic rings. The summed E-state index contributed by atoms with van der Waals surface area (Å²) in [7, 11) is 0. The van der Waals surface area contributed by atoms with Crippen molar-refractivity contribution >= 4 is 29.9 Å². The number of piperidine rings is 1. The van der Waals surface area contributed by atoms with Gasteiger partial charge < -0.3 is 20.4 Å². The van der Waals surface area contributed by atoms with Crippen molar-refractivity contribution in [1.29, 1.82) is 0 Å². The molecule has 0 radical (unpaired) electrons. The number of anilines is 1. The molecular weight excluding hydrogens is 394 g/mol. The molecular formula is C21H24ClN3O4. The minimum absolute atomic E-state index is 0. The Hall–Kier alpha value is -2.64. The van der Waals surface area contributed by atoms with Crippen LogP contribution in [0.3, 0.4) is 0 Å². The molecule has 0 bridgehead atoms. The highest BCUT2D eigenvalue weighted by Gasteiger charge is 2.23. The van der Waals surface area contributed by atoms with Gasteiger partial charge in [0.1, 0.15) is 11.3 Å². The van der Waals surface area contributed by atoms with Crippen molar-refractivity contribution in [2.75, 3.05) is 25.0 Å². The van der Waals surface area contributed by atoms with Gasteiger partial charge >= 0.3 is 5.63 Å². The van der Waals surface area contributed by atoms with E-state index in [4.69, 9.17) is 4.42 Å². The van der Waals surface area contributed by atoms with Crippen molar-refractivity contribution in [3.05, 3.63) is 62.7 Å². The van der Waals surface area contributed by atoms with E-state index in [1.807, 2.05) is 6.07 Å². The largest absolute Gasteiger partial charge is 0.427 e. The second-order valence-corrected chi connectivity index (χ2v) is 7.35. The molecule has 2 aliphatic rings. The number of halogens is 1. The lowest BCUT2D eigenvalue weighted by Crippen LogP contribution is -2.32. The molecule has 0 aliphatic carbocycles. The molecule has 1 fully saturated rings. The average Bonchev–Trinajstić information content (AvgIpc) is 2.69. The normalized spacial score (nSPS) is 16.4. The van der Waals surface area contributed by atoms with Crippen LogP contribution in [0.25, 0.3) is 0 Å². The number of hydrogen-bond donors (Lipinski definition) is 3. The molecule has 1 saturated heterocycles. The Labute approximate surface area is 174 Å². The number of aryl methyl sites for hydroxylation is 1. The number of amides is 2. The zero-order valence-electron chi connectivity index (χ0n) is 16.2. The molecule has 1 aromatic heterocycles. The highest BCUT2D eigenvalue weighted by atomic mass is 35.5. The smallest absolute Gasteiger partial charge is 0.349 e. The Morgan fingerprint density at radius 1 is 1.14 bits per heavy atom. The molecule has 3 N–H and O–H groups in total. The summed E-state index contributed by atoms with van der Waals surface area (Å²) in [5, 5.41) is 8.79. The lowest BCUT2D eigenvalue weighted by molar-refractivity contribution is 0.0944. The molecule has 2 amide bonds. The summed E-state index contributed by atoms with van der Waals surface area (Å²) in [6.45, 7) is 4.14. The number of rotatable bonds is 3. The minimum Gasteiger partial charge on any atom is -0.427 e. The van der Waals surface area contributed by atoms with E-state index in [1.165, 1.54) is 0 Å². The zero-order chi connectivity index (χ0) is 19.7. The summed E-state index contributed by atoms with van der Waals surface area (Å²) in [6, 6.07) is 7.02. The van der Waals surface area contributed by atoms with Crippen LogP contribution in [0.4, 0.5) is 5.69 Å². The van der Waals surface area contributed by atoms with Crippen LogP contribution >= 0.6 is 12.4 Å². The van der Waals surface area contributed by atoms with Crippen molar-refractivity contribution in [3.8, 4) is 0 Å². The third-order valence-corrected chi connectivity index (χ3v) is 5.43. The molecule has 3 heterocycles. The van der Waals surface area contributed by atoms with E-state index in [1.54, 1.807) is 25.1 Å².